The van der Waals surface area contributed by atoms with Gasteiger partial charge in [0.1, 0.15) is 0 Å². The molecule has 0 radical (unpaired) electrons. The van der Waals surface area contributed by atoms with Crippen molar-refractivity contribution in [3.63, 3.8) is 0 Å². The van der Waals surface area contributed by atoms with E-state index < -0.39 is 0 Å². The summed E-state index contributed by atoms with van der Waals surface area (Å²) in [7, 11) is 0. The van der Waals surface area contributed by atoms with Crippen LogP contribution in [0.2, 0.25) is 5.02 Å². The third-order valence-electron chi connectivity index (χ3n) is 4.56. The van der Waals surface area contributed by atoms with Gasteiger partial charge in [-0.05, 0) is 53.1 Å². The Bertz CT molecular complexity index is 984. The monoisotopic (exact) mass is 375 g/mol. The van der Waals surface area contributed by atoms with Crippen LogP contribution in [0.25, 0.3) is 0 Å². The van der Waals surface area contributed by atoms with Crippen LogP contribution < -0.4 is 10.3 Å². The molecule has 4 nitrogen and oxygen atoms in total. The van der Waals surface area contributed by atoms with Crippen LogP contribution in [0, 0.1) is 0 Å². The molecule has 0 saturated carbocycles. The molecule has 0 spiro atoms. The summed E-state index contributed by atoms with van der Waals surface area (Å²) >= 11 is 5.85. The Kier molecular flexibility index (Phi) is 4.90. The molecular weight excluding hydrogens is 358 g/mol. The van der Waals surface area contributed by atoms with Gasteiger partial charge >= 0.3 is 0 Å². The van der Waals surface area contributed by atoms with Crippen molar-refractivity contribution in [3.05, 3.63) is 100 Å². The molecular formula is C22H18ClN3O. The molecule has 3 aromatic carbocycles. The highest BCUT2D eigenvalue weighted by atomic mass is 35.5. The minimum Gasteiger partial charge on any atom is -0.363 e. The number of amides is 1. The van der Waals surface area contributed by atoms with Crippen molar-refractivity contribution in [2.75, 3.05) is 4.90 Å². The number of halogens is 1. The summed E-state index contributed by atoms with van der Waals surface area (Å²) in [6, 6.07) is 23.4. The van der Waals surface area contributed by atoms with Crippen LogP contribution in [0.5, 0.6) is 0 Å². The molecule has 0 fully saturated rings. The molecule has 0 saturated heterocycles. The zero-order valence-electron chi connectivity index (χ0n) is 14.6. The second kappa shape index (κ2) is 7.64. The zero-order valence-corrected chi connectivity index (χ0v) is 15.4. The Hall–Kier alpha value is -3.11. The predicted molar refractivity (Wildman–Crippen MR) is 109 cm³/mol. The van der Waals surface area contributed by atoms with E-state index in [9.17, 15) is 4.79 Å². The Labute approximate surface area is 163 Å². The molecule has 0 aromatic heterocycles. The molecule has 134 valence electrons. The van der Waals surface area contributed by atoms with Gasteiger partial charge in [-0.2, -0.15) is 5.10 Å². The molecule has 0 aliphatic carbocycles. The number of rotatable bonds is 4. The summed E-state index contributed by atoms with van der Waals surface area (Å²) in [5.41, 5.74) is 7.67. The highest BCUT2D eigenvalue weighted by molar-refractivity contribution is 6.30. The van der Waals surface area contributed by atoms with Crippen LogP contribution in [-0.4, -0.2) is 12.1 Å². The van der Waals surface area contributed by atoms with Crippen molar-refractivity contribution in [3.8, 4) is 0 Å². The summed E-state index contributed by atoms with van der Waals surface area (Å²) in [5.74, 6) is -0.221. The van der Waals surface area contributed by atoms with Crippen LogP contribution in [0.15, 0.2) is 77.9 Å². The summed E-state index contributed by atoms with van der Waals surface area (Å²) in [6.45, 7) is 1.66. The first-order chi connectivity index (χ1) is 13.2. The largest absolute Gasteiger partial charge is 0.363 e. The van der Waals surface area contributed by atoms with Crippen molar-refractivity contribution in [1.82, 2.24) is 5.43 Å². The Balaban J connectivity index is 1.42. The molecule has 5 heteroatoms. The lowest BCUT2D eigenvalue weighted by Gasteiger charge is -2.17. The van der Waals surface area contributed by atoms with E-state index in [1.807, 2.05) is 48.5 Å². The van der Waals surface area contributed by atoms with Crippen molar-refractivity contribution < 1.29 is 4.79 Å². The van der Waals surface area contributed by atoms with Gasteiger partial charge in [0, 0.05) is 29.4 Å². The van der Waals surface area contributed by atoms with Crippen LogP contribution >= 0.6 is 11.6 Å². The summed E-state index contributed by atoms with van der Waals surface area (Å²) < 4.78 is 0. The molecule has 1 aliphatic heterocycles. The van der Waals surface area contributed by atoms with Crippen LogP contribution in [-0.2, 0) is 13.1 Å². The number of fused-ring (bicyclic) bond motifs is 1. The van der Waals surface area contributed by atoms with Crippen molar-refractivity contribution >= 4 is 29.4 Å². The number of hydrogen-bond acceptors (Lipinski definition) is 3. The van der Waals surface area contributed by atoms with E-state index in [1.165, 1.54) is 16.8 Å². The van der Waals surface area contributed by atoms with Crippen LogP contribution in [0.1, 0.15) is 27.0 Å². The topological polar surface area (TPSA) is 44.7 Å². The number of nitrogens with one attached hydrogen (secondary N) is 1. The summed E-state index contributed by atoms with van der Waals surface area (Å²) in [6.07, 6.45) is 1.60. The predicted octanol–water partition coefficient (Wildman–Crippen LogP) is 4.62. The molecule has 0 atom stereocenters. The van der Waals surface area contributed by atoms with Gasteiger partial charge in [0.2, 0.25) is 0 Å². The molecule has 1 N–H and O–H groups in total. The van der Waals surface area contributed by atoms with E-state index in [0.29, 0.717) is 10.6 Å². The minimum absolute atomic E-state index is 0.221. The van der Waals surface area contributed by atoms with Gasteiger partial charge in [-0.15, -0.1) is 0 Å². The molecule has 27 heavy (non-hydrogen) atoms. The Morgan fingerprint density at radius 2 is 1.70 bits per heavy atom. The van der Waals surface area contributed by atoms with E-state index in [-0.39, 0.29) is 5.91 Å². The number of para-hydroxylation sites is 1. The van der Waals surface area contributed by atoms with Crippen molar-refractivity contribution in [2.45, 2.75) is 13.1 Å². The van der Waals surface area contributed by atoms with Gasteiger partial charge < -0.3 is 4.90 Å². The van der Waals surface area contributed by atoms with Crippen LogP contribution in [0.4, 0.5) is 5.69 Å². The van der Waals surface area contributed by atoms with E-state index in [0.717, 1.165) is 18.7 Å². The number of hydrogen-bond donors (Lipinski definition) is 1. The van der Waals surface area contributed by atoms with Gasteiger partial charge in [0.05, 0.1) is 6.21 Å². The lowest BCUT2D eigenvalue weighted by atomic mass is 10.1. The maximum absolute atomic E-state index is 12.4. The average Bonchev–Trinajstić information content (AvgIpc) is 3.13. The highest BCUT2D eigenvalue weighted by Crippen LogP contribution is 2.28. The van der Waals surface area contributed by atoms with Gasteiger partial charge in [0.25, 0.3) is 5.91 Å². The first-order valence-electron chi connectivity index (χ1n) is 8.70. The molecule has 1 heterocycles. The molecule has 0 bridgehead atoms. The standard InChI is InChI=1S/C22H18ClN3O/c23-20-10-6-16(7-11-20)13-24-25-22(27)17-8-9-18-14-26(15-19(18)12-17)21-4-2-1-3-5-21/h1-13H,14-15H2,(H,25,27). The van der Waals surface area contributed by atoms with E-state index >= 15 is 0 Å². The second-order valence-electron chi connectivity index (χ2n) is 6.43. The smallest absolute Gasteiger partial charge is 0.271 e. The molecule has 0 unspecified atom stereocenters. The van der Waals surface area contributed by atoms with Gasteiger partial charge in [-0.25, -0.2) is 5.43 Å². The van der Waals surface area contributed by atoms with Gasteiger partial charge in [0.15, 0.2) is 0 Å². The molecule has 1 amide bonds. The van der Waals surface area contributed by atoms with Gasteiger partial charge in [-0.1, -0.05) is 48.0 Å². The zero-order chi connectivity index (χ0) is 18.6. The number of benzene rings is 3. The number of carbonyl (C=O) groups excluding carboxylic acids is 1. The van der Waals surface area contributed by atoms with E-state index in [1.54, 1.807) is 18.3 Å². The molecule has 4 rings (SSSR count). The lowest BCUT2D eigenvalue weighted by molar-refractivity contribution is 0.0955. The van der Waals surface area contributed by atoms with E-state index in [4.69, 9.17) is 11.6 Å². The fraction of sp³-hybridized carbons (Fsp3) is 0.0909. The highest BCUT2D eigenvalue weighted by Gasteiger charge is 2.20. The quantitative estimate of drug-likeness (QED) is 0.534. The Morgan fingerprint density at radius 1 is 0.963 bits per heavy atom. The average molecular weight is 376 g/mol. The second-order valence-corrected chi connectivity index (χ2v) is 6.86. The third kappa shape index (κ3) is 4.01. The van der Waals surface area contributed by atoms with E-state index in [2.05, 4.69) is 27.6 Å². The summed E-state index contributed by atoms with van der Waals surface area (Å²) in [5, 5.41) is 4.69. The number of carbonyl (C=O) groups is 1. The number of nitrogens with zero attached hydrogens (tertiary/aromatic N) is 2. The Morgan fingerprint density at radius 3 is 2.48 bits per heavy atom. The minimum atomic E-state index is -0.221. The van der Waals surface area contributed by atoms with Gasteiger partial charge in [-0.3, -0.25) is 4.79 Å². The van der Waals surface area contributed by atoms with Crippen LogP contribution in [0.3, 0.4) is 0 Å². The maximum atomic E-state index is 12.4. The first-order valence-corrected chi connectivity index (χ1v) is 9.07. The van der Waals surface area contributed by atoms with Crippen molar-refractivity contribution in [1.29, 1.82) is 0 Å². The molecule has 3 aromatic rings. The van der Waals surface area contributed by atoms with Crippen molar-refractivity contribution in [2.24, 2.45) is 5.10 Å². The molecule has 1 aliphatic rings. The fourth-order valence-electron chi connectivity index (χ4n) is 3.14. The summed E-state index contributed by atoms with van der Waals surface area (Å²) in [4.78, 5) is 14.7. The normalized spacial score (nSPS) is 13.0. The first kappa shape index (κ1) is 17.3. The maximum Gasteiger partial charge on any atom is 0.271 e. The lowest BCUT2D eigenvalue weighted by Crippen LogP contribution is -2.17. The fourth-order valence-corrected chi connectivity index (χ4v) is 3.26. The number of anilines is 1. The third-order valence-corrected chi connectivity index (χ3v) is 4.81. The SMILES string of the molecule is O=C(NN=Cc1ccc(Cl)cc1)c1ccc2c(c1)CN(c1ccccc1)C2. The number of hydrazone groups is 1.